The maximum absolute atomic E-state index is 5.69. The van der Waals surface area contributed by atoms with Crippen LogP contribution < -0.4 is 9.80 Å². The van der Waals surface area contributed by atoms with Crippen molar-refractivity contribution in [3.63, 3.8) is 0 Å². The second kappa shape index (κ2) is 36.4. The Labute approximate surface area is 627 Å². The molecule has 4 heterocycles. The summed E-state index contributed by atoms with van der Waals surface area (Å²) < 4.78 is 15.5. The molecular weight excluding hydrogens is 1950 g/mol. The van der Waals surface area contributed by atoms with Crippen LogP contribution in [0.3, 0.4) is 0 Å². The largest absolute Gasteiger partial charge is 2.00 e. The summed E-state index contributed by atoms with van der Waals surface area (Å²) in [6, 6.07) is 119. The van der Waals surface area contributed by atoms with E-state index in [-0.39, 0.29) is 84.3 Å². The fraction of sp³-hybridized carbons (Fsp3) is 0. The van der Waals surface area contributed by atoms with Gasteiger partial charge >= 0.3 is 42.1 Å². The number of thioether (sulfide) groups is 1. The van der Waals surface area contributed by atoms with Crippen LogP contribution in [0.2, 0.25) is 0 Å². The first kappa shape index (κ1) is 71.6. The number of aromatic nitrogens is 4. The number of hydrogen-bond donors (Lipinski definition) is 0. The normalized spacial score (nSPS) is 11.7. The molecule has 14 heteroatoms. The van der Waals surface area contributed by atoms with E-state index in [0.29, 0.717) is 11.7 Å². The molecule has 0 fully saturated rings. The van der Waals surface area contributed by atoms with Crippen LogP contribution in [0.1, 0.15) is 11.1 Å². The van der Waals surface area contributed by atoms with Gasteiger partial charge in [-0.3, -0.25) is 16.7 Å². The minimum absolute atomic E-state index is 0. The second-order valence-electron chi connectivity index (χ2n) is 20.9. The number of ether oxygens (including phenoxy) is 1. The molecule has 0 aliphatic carbocycles. The van der Waals surface area contributed by atoms with Gasteiger partial charge in [-0.15, -0.1) is 88.3 Å². The minimum atomic E-state index is 0. The molecule has 0 amide bonds. The van der Waals surface area contributed by atoms with Crippen molar-refractivity contribution in [2.45, 2.75) is 0 Å². The van der Waals surface area contributed by atoms with Gasteiger partial charge in [-0.25, -0.2) is 9.36 Å². The zero-order valence-corrected chi connectivity index (χ0v) is 61.6. The molecule has 16 rings (SSSR count). The molecule has 0 spiro atoms. The summed E-state index contributed by atoms with van der Waals surface area (Å²) in [6.07, 6.45) is 4.14. The van der Waals surface area contributed by atoms with Gasteiger partial charge in [0, 0.05) is 65.0 Å². The molecule has 480 valence electrons. The van der Waals surface area contributed by atoms with Crippen molar-refractivity contribution in [2.24, 2.45) is 0 Å². The van der Waals surface area contributed by atoms with Gasteiger partial charge in [0.15, 0.2) is 0 Å². The molecule has 0 saturated heterocycles. The number of rotatable bonds is 12. The molecular formula is C82H56N6O2Pt4S2-2. The predicted octanol–water partition coefficient (Wildman–Crippen LogP) is 21.1. The van der Waals surface area contributed by atoms with Gasteiger partial charge in [-0.05, 0) is 84.8 Å². The van der Waals surface area contributed by atoms with Gasteiger partial charge in [-0.1, -0.05) is 213 Å². The van der Waals surface area contributed by atoms with Crippen LogP contribution in [0.5, 0.6) is 0 Å². The van der Waals surface area contributed by atoms with Crippen molar-refractivity contribution in [2.75, 3.05) is 9.80 Å². The summed E-state index contributed by atoms with van der Waals surface area (Å²) in [5.41, 5.74) is 17.7. The van der Waals surface area contributed by atoms with Gasteiger partial charge in [0.1, 0.15) is 16.6 Å². The van der Waals surface area contributed by atoms with Crippen LogP contribution in [-0.2, 0) is 89.0 Å². The van der Waals surface area contributed by atoms with Gasteiger partial charge < -0.3 is 19.1 Å². The fourth-order valence-electron chi connectivity index (χ4n) is 9.98. The van der Waals surface area contributed by atoms with E-state index in [1.165, 1.54) is 60.9 Å². The number of hydrogen-bond acceptors (Lipinski definition) is 10. The van der Waals surface area contributed by atoms with E-state index < -0.39 is 0 Å². The molecule has 0 atom stereocenters. The first-order valence-corrected chi connectivity index (χ1v) is 31.4. The molecule has 0 radical (unpaired) electrons. The average molecular weight is 2000 g/mol. The van der Waals surface area contributed by atoms with Crippen molar-refractivity contribution in [3.05, 3.63) is 376 Å². The Balaban J connectivity index is 0.000000148. The SMILES string of the molecule is [Pt+2].[Pt+2].[Pt].[Pt].[c-]1ccccc1-c1noc(-c2ccc(-c3ccccc3)cc2)n1.[c-]1ccccc1-c1nsc(-c2ccc(-c3ccccc3)cc2)n1.[c-]1ccccc1N1C=C(c2ccc(-c3ccccc3)cc2)O[CH-]1.[c-]1ccccc1N1C=C(c2ccc(-c3ccccc3)cc2)S[CH-]1. The zero-order chi connectivity index (χ0) is 61.9. The summed E-state index contributed by atoms with van der Waals surface area (Å²) in [6.45, 7) is 1.70. The van der Waals surface area contributed by atoms with Gasteiger partial charge in [0.05, 0.1) is 5.82 Å². The molecule has 8 nitrogen and oxygen atoms in total. The molecule has 2 aromatic heterocycles. The number of benzene rings is 12. The van der Waals surface area contributed by atoms with Crippen molar-refractivity contribution >= 4 is 45.3 Å². The minimum Gasteiger partial charge on any atom is -0.640 e. The van der Waals surface area contributed by atoms with E-state index in [1.54, 1.807) is 18.5 Å². The van der Waals surface area contributed by atoms with E-state index in [2.05, 4.69) is 237 Å². The van der Waals surface area contributed by atoms with Crippen LogP contribution in [0, 0.1) is 36.9 Å². The third kappa shape index (κ3) is 18.9. The molecule has 0 unspecified atom stereocenters. The van der Waals surface area contributed by atoms with E-state index in [9.17, 15) is 0 Å². The van der Waals surface area contributed by atoms with Gasteiger partial charge in [-0.2, -0.15) is 66.5 Å². The Bertz CT molecular complexity index is 4340. The van der Waals surface area contributed by atoms with Crippen molar-refractivity contribution in [1.82, 2.24) is 19.5 Å². The first-order valence-electron chi connectivity index (χ1n) is 29.8. The Morgan fingerprint density at radius 2 is 0.729 bits per heavy atom. The smallest absolute Gasteiger partial charge is 0.640 e. The Hall–Kier alpha value is -8.68. The quantitative estimate of drug-likeness (QED) is 0.111. The van der Waals surface area contributed by atoms with E-state index >= 15 is 0 Å². The monoisotopic (exact) mass is 2000 g/mol. The molecule has 0 bridgehead atoms. The number of nitrogens with zero attached hydrogens (tertiary/aromatic N) is 6. The summed E-state index contributed by atoms with van der Waals surface area (Å²) in [7, 11) is 0. The topological polar surface area (TPSA) is 80.4 Å². The van der Waals surface area contributed by atoms with Crippen LogP contribution in [0.25, 0.3) is 100.0 Å². The van der Waals surface area contributed by atoms with E-state index in [4.69, 9.17) is 9.26 Å². The van der Waals surface area contributed by atoms with E-state index in [0.717, 1.165) is 61.3 Å². The van der Waals surface area contributed by atoms with Crippen LogP contribution >= 0.6 is 23.3 Å². The summed E-state index contributed by atoms with van der Waals surface area (Å²) in [4.78, 5) is 14.4. The van der Waals surface area contributed by atoms with Gasteiger partial charge in [0.2, 0.25) is 5.89 Å². The van der Waals surface area contributed by atoms with Crippen molar-refractivity contribution in [1.29, 1.82) is 0 Å². The fourth-order valence-corrected chi connectivity index (χ4v) is 11.5. The Morgan fingerprint density at radius 1 is 0.344 bits per heavy atom. The van der Waals surface area contributed by atoms with Crippen LogP contribution in [-0.4, -0.2) is 19.5 Å². The van der Waals surface area contributed by atoms with Crippen molar-refractivity contribution in [3.8, 4) is 89.3 Å². The average Bonchev–Trinajstić information content (AvgIpc) is 1.71. The van der Waals surface area contributed by atoms with Crippen molar-refractivity contribution < 1.29 is 93.5 Å². The predicted molar refractivity (Wildman–Crippen MR) is 377 cm³/mol. The summed E-state index contributed by atoms with van der Waals surface area (Å²) in [5.74, 6) is 4.75. The van der Waals surface area contributed by atoms with E-state index in [1.807, 2.05) is 151 Å². The van der Waals surface area contributed by atoms with Crippen LogP contribution in [0.15, 0.2) is 332 Å². The molecule has 0 N–H and O–H groups in total. The maximum atomic E-state index is 5.69. The van der Waals surface area contributed by atoms with Crippen LogP contribution in [0.4, 0.5) is 11.4 Å². The van der Waals surface area contributed by atoms with Gasteiger partial charge in [0.25, 0.3) is 0 Å². The number of para-hydroxylation sites is 2. The second-order valence-corrected chi connectivity index (χ2v) is 22.6. The standard InChI is InChI=1S/C21H15NO.C21H15NS.C20H13N2O.C20H13N2S.4Pt/c2*1-3-7-17(8-4-1)18-11-13-19(14-12-18)21-15-22(16-23-21)20-9-5-2-6-10-20;2*1-3-7-15(8-4-1)16-11-13-18(14-12-16)20-21-19(22-23-20)17-9-5-2-6-10-17;;;;/h2*1-9,11-16H;2*1-9,11-14H;;;;/q2*-2;2*-1;;;2*+2. The summed E-state index contributed by atoms with van der Waals surface area (Å²) >= 11 is 3.16. The molecule has 0 saturated carbocycles. The first-order chi connectivity index (χ1) is 45.6. The third-order valence-corrected chi connectivity index (χ3v) is 16.5. The third-order valence-electron chi connectivity index (χ3n) is 14.8. The zero-order valence-electron chi connectivity index (χ0n) is 50.9. The number of anilines is 2. The molecule has 96 heavy (non-hydrogen) atoms. The molecule has 2 aliphatic rings. The molecule has 12 aromatic carbocycles. The molecule has 14 aromatic rings. The maximum Gasteiger partial charge on any atom is 2.00 e. The Morgan fingerprint density at radius 3 is 1.18 bits per heavy atom. The summed E-state index contributed by atoms with van der Waals surface area (Å²) in [5, 5.41) is 4.95. The Kier molecular flexibility index (Phi) is 27.2. The molecule has 2 aliphatic heterocycles.